The fourth-order valence-electron chi connectivity index (χ4n) is 1.43. The number of aromatic nitrogens is 4. The summed E-state index contributed by atoms with van der Waals surface area (Å²) in [4.78, 5) is 6.13. The second-order valence-electron chi connectivity index (χ2n) is 3.06. The quantitative estimate of drug-likeness (QED) is 0.599. The number of aryl methyl sites for hydroxylation is 1. The van der Waals surface area contributed by atoms with E-state index in [2.05, 4.69) is 15.2 Å². The highest BCUT2D eigenvalue weighted by Crippen LogP contribution is 2.25. The van der Waals surface area contributed by atoms with Crippen LogP contribution in [0.5, 0.6) is 0 Å². The number of rotatable bonds is 0. The fraction of sp³-hybridized carbons (Fsp3) is 0.125. The monoisotopic (exact) mass is 205 g/mol. The van der Waals surface area contributed by atoms with E-state index in [4.69, 9.17) is 5.73 Å². The summed E-state index contributed by atoms with van der Waals surface area (Å²) in [6.45, 7) is 1.96. The molecule has 0 saturated carbocycles. The van der Waals surface area contributed by atoms with Gasteiger partial charge in [0.1, 0.15) is 4.83 Å². The average Bonchev–Trinajstić information content (AvgIpc) is 2.66. The summed E-state index contributed by atoms with van der Waals surface area (Å²) in [5.41, 5.74) is 7.66. The lowest BCUT2D eigenvalue weighted by atomic mass is 10.4. The third-order valence-electron chi connectivity index (χ3n) is 2.07. The van der Waals surface area contributed by atoms with Crippen LogP contribution >= 0.6 is 11.3 Å². The van der Waals surface area contributed by atoms with Crippen LogP contribution < -0.4 is 5.73 Å². The second kappa shape index (κ2) is 2.42. The summed E-state index contributed by atoms with van der Waals surface area (Å²) in [7, 11) is 0. The maximum atomic E-state index is 5.69. The van der Waals surface area contributed by atoms with Crippen LogP contribution in [-0.2, 0) is 0 Å². The molecule has 0 aliphatic heterocycles. The molecule has 0 radical (unpaired) electrons. The van der Waals surface area contributed by atoms with Crippen LogP contribution in [0.25, 0.3) is 15.3 Å². The number of hydrogen-bond acceptors (Lipinski definition) is 5. The van der Waals surface area contributed by atoms with Gasteiger partial charge in [0.25, 0.3) is 0 Å². The highest BCUT2D eigenvalue weighted by Gasteiger charge is 2.10. The van der Waals surface area contributed by atoms with Gasteiger partial charge in [-0.2, -0.15) is 0 Å². The van der Waals surface area contributed by atoms with Crippen molar-refractivity contribution in [3.8, 4) is 0 Å². The molecule has 5 nitrogen and oxygen atoms in total. The minimum atomic E-state index is 0.414. The van der Waals surface area contributed by atoms with E-state index in [0.29, 0.717) is 5.95 Å². The summed E-state index contributed by atoms with van der Waals surface area (Å²) in [5, 5.41) is 7.75. The van der Waals surface area contributed by atoms with E-state index in [1.54, 1.807) is 0 Å². The van der Waals surface area contributed by atoms with E-state index >= 15 is 0 Å². The third kappa shape index (κ3) is 0.856. The summed E-state index contributed by atoms with van der Waals surface area (Å²) >= 11 is 1.49. The molecule has 0 bridgehead atoms. The van der Waals surface area contributed by atoms with E-state index in [1.165, 1.54) is 11.3 Å². The molecule has 70 valence electrons. The Bertz CT molecular complexity index is 623. The molecule has 2 N–H and O–H groups in total. The molecule has 0 spiro atoms. The molecule has 6 heteroatoms. The van der Waals surface area contributed by atoms with Crippen molar-refractivity contribution in [1.82, 2.24) is 19.6 Å². The van der Waals surface area contributed by atoms with Crippen molar-refractivity contribution in [1.29, 1.82) is 0 Å². The Kier molecular flexibility index (Phi) is 1.33. The van der Waals surface area contributed by atoms with Crippen LogP contribution in [0.2, 0.25) is 0 Å². The van der Waals surface area contributed by atoms with Crippen molar-refractivity contribution in [2.24, 2.45) is 0 Å². The van der Waals surface area contributed by atoms with Gasteiger partial charge in [0.15, 0.2) is 0 Å². The molecular formula is C8H7N5S. The summed E-state index contributed by atoms with van der Waals surface area (Å²) in [6, 6.07) is 3.94. The van der Waals surface area contributed by atoms with E-state index < -0.39 is 0 Å². The first kappa shape index (κ1) is 7.69. The molecule has 0 saturated heterocycles. The van der Waals surface area contributed by atoms with Crippen molar-refractivity contribution in [3.05, 3.63) is 17.8 Å². The van der Waals surface area contributed by atoms with Crippen molar-refractivity contribution in [3.63, 3.8) is 0 Å². The molecular weight excluding hydrogens is 198 g/mol. The van der Waals surface area contributed by atoms with Crippen LogP contribution in [-0.4, -0.2) is 19.6 Å². The standard InChI is InChI=1S/C8H7N5S/c1-4-2-3-5-6(10-4)14-8-12-11-7(9)13(5)8/h2-3H,1H3,(H2,9,11). The van der Waals surface area contributed by atoms with Gasteiger partial charge in [0, 0.05) is 5.69 Å². The molecule has 3 rings (SSSR count). The van der Waals surface area contributed by atoms with E-state index in [9.17, 15) is 0 Å². The lowest BCUT2D eigenvalue weighted by molar-refractivity contribution is 1.12. The van der Waals surface area contributed by atoms with E-state index in [-0.39, 0.29) is 0 Å². The van der Waals surface area contributed by atoms with Gasteiger partial charge in [-0.25, -0.2) is 4.98 Å². The lowest BCUT2D eigenvalue weighted by Crippen LogP contribution is -1.92. The summed E-state index contributed by atoms with van der Waals surface area (Å²) in [6.07, 6.45) is 0. The molecule has 0 aliphatic rings. The van der Waals surface area contributed by atoms with Crippen molar-refractivity contribution in [2.45, 2.75) is 6.92 Å². The number of nitrogens with two attached hydrogens (primary N) is 1. The molecule has 14 heavy (non-hydrogen) atoms. The van der Waals surface area contributed by atoms with Crippen molar-refractivity contribution >= 4 is 32.6 Å². The predicted octanol–water partition coefficient (Wildman–Crippen LogP) is 1.23. The maximum Gasteiger partial charge on any atom is 0.227 e. The highest BCUT2D eigenvalue weighted by atomic mass is 32.1. The largest absolute Gasteiger partial charge is 0.368 e. The minimum absolute atomic E-state index is 0.414. The van der Waals surface area contributed by atoms with Crippen LogP contribution in [0.3, 0.4) is 0 Å². The number of hydrogen-bond donors (Lipinski definition) is 1. The van der Waals surface area contributed by atoms with Gasteiger partial charge in [-0.3, -0.25) is 4.40 Å². The van der Waals surface area contributed by atoms with Gasteiger partial charge in [-0.15, -0.1) is 10.2 Å². The number of pyridine rings is 1. The van der Waals surface area contributed by atoms with Crippen LogP contribution in [0.4, 0.5) is 5.95 Å². The van der Waals surface area contributed by atoms with E-state index in [0.717, 1.165) is 21.0 Å². The normalized spacial score (nSPS) is 11.5. The zero-order valence-electron chi connectivity index (χ0n) is 7.43. The van der Waals surface area contributed by atoms with Crippen molar-refractivity contribution in [2.75, 3.05) is 5.73 Å². The molecule has 0 amide bonds. The first-order chi connectivity index (χ1) is 6.75. The smallest absolute Gasteiger partial charge is 0.227 e. The van der Waals surface area contributed by atoms with Gasteiger partial charge in [0.2, 0.25) is 10.9 Å². The number of fused-ring (bicyclic) bond motifs is 3. The number of thiazole rings is 1. The predicted molar refractivity (Wildman–Crippen MR) is 55.3 cm³/mol. The summed E-state index contributed by atoms with van der Waals surface area (Å²) < 4.78 is 1.81. The van der Waals surface area contributed by atoms with Crippen LogP contribution in [0.15, 0.2) is 12.1 Å². The number of anilines is 1. The Morgan fingerprint density at radius 1 is 1.36 bits per heavy atom. The number of nitrogen functional groups attached to an aromatic ring is 1. The minimum Gasteiger partial charge on any atom is -0.368 e. The molecule has 0 fully saturated rings. The topological polar surface area (TPSA) is 69.1 Å². The first-order valence-electron chi connectivity index (χ1n) is 4.12. The Balaban J connectivity index is 2.58. The Hall–Kier alpha value is -1.69. The maximum absolute atomic E-state index is 5.69. The van der Waals surface area contributed by atoms with Crippen molar-refractivity contribution < 1.29 is 0 Å². The second-order valence-corrected chi connectivity index (χ2v) is 4.01. The van der Waals surface area contributed by atoms with Gasteiger partial charge >= 0.3 is 0 Å². The molecule has 0 aliphatic carbocycles. The number of nitrogens with zero attached hydrogens (tertiary/aromatic N) is 4. The molecule has 3 aromatic heterocycles. The average molecular weight is 205 g/mol. The first-order valence-corrected chi connectivity index (χ1v) is 4.94. The van der Waals surface area contributed by atoms with Gasteiger partial charge in [-0.1, -0.05) is 11.3 Å². The van der Waals surface area contributed by atoms with Gasteiger partial charge in [0.05, 0.1) is 5.52 Å². The Morgan fingerprint density at radius 2 is 2.21 bits per heavy atom. The van der Waals surface area contributed by atoms with Gasteiger partial charge in [-0.05, 0) is 19.1 Å². The van der Waals surface area contributed by atoms with E-state index in [1.807, 2.05) is 23.5 Å². The zero-order chi connectivity index (χ0) is 9.71. The lowest BCUT2D eigenvalue weighted by Gasteiger charge is -1.92. The Morgan fingerprint density at radius 3 is 3.07 bits per heavy atom. The molecule has 0 aromatic carbocycles. The summed E-state index contributed by atoms with van der Waals surface area (Å²) in [5.74, 6) is 0.414. The molecule has 0 atom stereocenters. The SMILES string of the molecule is Cc1ccc2c(n1)sc1nnc(N)n12. The molecule has 0 unspecified atom stereocenters. The fourth-order valence-corrected chi connectivity index (χ4v) is 2.42. The Labute approximate surface area is 83.2 Å². The molecule has 3 aromatic rings. The van der Waals surface area contributed by atoms with Gasteiger partial charge < -0.3 is 5.73 Å². The zero-order valence-corrected chi connectivity index (χ0v) is 8.25. The molecule has 3 heterocycles. The van der Waals surface area contributed by atoms with Crippen LogP contribution in [0.1, 0.15) is 5.69 Å². The third-order valence-corrected chi connectivity index (χ3v) is 3.01. The highest BCUT2D eigenvalue weighted by molar-refractivity contribution is 7.23. The van der Waals surface area contributed by atoms with Crippen LogP contribution in [0, 0.1) is 6.92 Å².